The van der Waals surface area contributed by atoms with Crippen LogP contribution in [0.5, 0.6) is 0 Å². The number of piperidine rings is 1. The Bertz CT molecular complexity index is 461. The van der Waals surface area contributed by atoms with E-state index in [0.717, 1.165) is 30.3 Å². The Morgan fingerprint density at radius 3 is 3.05 bits per heavy atom. The van der Waals surface area contributed by atoms with Gasteiger partial charge in [-0.2, -0.15) is 0 Å². The molecular formula is C15H20BrNO2. The van der Waals surface area contributed by atoms with Crippen LogP contribution in [-0.4, -0.2) is 35.1 Å². The number of hydrogen-bond acceptors (Lipinski definition) is 2. The lowest BCUT2D eigenvalue weighted by Crippen LogP contribution is -2.42. The number of nitrogens with zero attached hydrogens (tertiary/aromatic N) is 1. The normalized spacial score (nSPS) is 19.5. The van der Waals surface area contributed by atoms with Gasteiger partial charge in [-0.3, -0.25) is 4.79 Å². The van der Waals surface area contributed by atoms with E-state index in [4.69, 9.17) is 0 Å². The third kappa shape index (κ3) is 4.05. The van der Waals surface area contributed by atoms with Crippen molar-refractivity contribution >= 4 is 21.8 Å². The van der Waals surface area contributed by atoms with Crippen LogP contribution < -0.4 is 0 Å². The highest BCUT2D eigenvalue weighted by atomic mass is 79.9. The van der Waals surface area contributed by atoms with Gasteiger partial charge in [0.1, 0.15) is 0 Å². The van der Waals surface area contributed by atoms with Crippen molar-refractivity contribution < 1.29 is 9.90 Å². The number of carbonyl (C=O) groups is 1. The van der Waals surface area contributed by atoms with Crippen LogP contribution in [0.3, 0.4) is 0 Å². The summed E-state index contributed by atoms with van der Waals surface area (Å²) in [5.41, 5.74) is 2.43. The second-order valence-corrected chi connectivity index (χ2v) is 6.12. The first-order chi connectivity index (χ1) is 9.06. The van der Waals surface area contributed by atoms with Gasteiger partial charge < -0.3 is 10.0 Å². The van der Waals surface area contributed by atoms with Crippen LogP contribution in [0, 0.1) is 6.92 Å². The van der Waals surface area contributed by atoms with Gasteiger partial charge in [-0.1, -0.05) is 22.0 Å². The smallest absolute Gasteiger partial charge is 0.222 e. The predicted octanol–water partition coefficient (Wildman–Crippen LogP) is 2.67. The maximum atomic E-state index is 12.1. The SMILES string of the molecule is Cc1ccc(Br)cc1CCC(=O)N1CCCC(O)C1. The van der Waals surface area contributed by atoms with E-state index in [1.54, 1.807) is 4.90 Å². The summed E-state index contributed by atoms with van der Waals surface area (Å²) < 4.78 is 1.05. The standard InChI is InChI=1S/C15H20BrNO2/c1-11-4-6-13(16)9-12(11)5-7-15(19)17-8-2-3-14(18)10-17/h4,6,9,14,18H,2-3,5,7-8,10H2,1H3. The second-order valence-electron chi connectivity index (χ2n) is 5.21. The minimum absolute atomic E-state index is 0.151. The summed E-state index contributed by atoms with van der Waals surface area (Å²) in [6, 6.07) is 6.16. The maximum absolute atomic E-state index is 12.1. The summed E-state index contributed by atoms with van der Waals surface area (Å²) >= 11 is 3.46. The zero-order valence-corrected chi connectivity index (χ0v) is 12.8. The van der Waals surface area contributed by atoms with Gasteiger partial charge in [0, 0.05) is 24.0 Å². The first kappa shape index (κ1) is 14.5. The molecule has 4 heteroatoms. The van der Waals surface area contributed by atoms with Gasteiger partial charge in [0.15, 0.2) is 0 Å². The lowest BCUT2D eigenvalue weighted by Gasteiger charge is -2.30. The fourth-order valence-corrected chi connectivity index (χ4v) is 2.90. The monoisotopic (exact) mass is 325 g/mol. The summed E-state index contributed by atoms with van der Waals surface area (Å²) in [4.78, 5) is 13.9. The van der Waals surface area contributed by atoms with E-state index in [-0.39, 0.29) is 12.0 Å². The molecule has 2 rings (SSSR count). The number of halogens is 1. The van der Waals surface area contributed by atoms with Gasteiger partial charge >= 0.3 is 0 Å². The number of aryl methyl sites for hydroxylation is 2. The van der Waals surface area contributed by atoms with Crippen LogP contribution in [-0.2, 0) is 11.2 Å². The molecule has 0 saturated carbocycles. The molecule has 0 aromatic heterocycles. The molecule has 1 fully saturated rings. The van der Waals surface area contributed by atoms with E-state index >= 15 is 0 Å². The van der Waals surface area contributed by atoms with E-state index in [1.807, 2.05) is 6.07 Å². The molecule has 1 amide bonds. The Morgan fingerprint density at radius 2 is 2.32 bits per heavy atom. The average molecular weight is 326 g/mol. The van der Waals surface area contributed by atoms with Crippen molar-refractivity contribution in [3.63, 3.8) is 0 Å². The summed E-state index contributed by atoms with van der Waals surface area (Å²) in [6.45, 7) is 3.35. The van der Waals surface area contributed by atoms with Crippen molar-refractivity contribution in [2.75, 3.05) is 13.1 Å². The number of likely N-dealkylation sites (tertiary alicyclic amines) is 1. The third-order valence-electron chi connectivity index (χ3n) is 3.67. The molecule has 1 aromatic rings. The number of β-amino-alcohol motifs (C(OH)–C–C–N with tert-alkyl or cyclic N) is 1. The molecule has 0 aliphatic carbocycles. The zero-order chi connectivity index (χ0) is 13.8. The van der Waals surface area contributed by atoms with Gasteiger partial charge in [-0.25, -0.2) is 0 Å². The molecule has 1 N–H and O–H groups in total. The van der Waals surface area contributed by atoms with Crippen molar-refractivity contribution in [3.05, 3.63) is 33.8 Å². The number of aliphatic hydroxyl groups is 1. The molecule has 0 bridgehead atoms. The van der Waals surface area contributed by atoms with Crippen LogP contribution in [0.15, 0.2) is 22.7 Å². The molecule has 1 aliphatic heterocycles. The molecule has 1 heterocycles. The first-order valence-electron chi connectivity index (χ1n) is 6.77. The predicted molar refractivity (Wildman–Crippen MR) is 79.0 cm³/mol. The molecule has 19 heavy (non-hydrogen) atoms. The van der Waals surface area contributed by atoms with E-state index in [2.05, 4.69) is 35.0 Å². The Morgan fingerprint density at radius 1 is 1.53 bits per heavy atom. The zero-order valence-electron chi connectivity index (χ0n) is 11.2. The Balaban J connectivity index is 1.91. The highest BCUT2D eigenvalue weighted by molar-refractivity contribution is 9.10. The quantitative estimate of drug-likeness (QED) is 0.928. The number of amides is 1. The molecule has 1 atom stereocenters. The van der Waals surface area contributed by atoms with Gasteiger partial charge in [0.05, 0.1) is 6.10 Å². The third-order valence-corrected chi connectivity index (χ3v) is 4.16. The summed E-state index contributed by atoms with van der Waals surface area (Å²) in [5.74, 6) is 0.151. The highest BCUT2D eigenvalue weighted by Gasteiger charge is 2.21. The number of aliphatic hydroxyl groups excluding tert-OH is 1. The van der Waals surface area contributed by atoms with Crippen molar-refractivity contribution in [1.29, 1.82) is 0 Å². The molecule has 0 spiro atoms. The fourth-order valence-electron chi connectivity index (χ4n) is 2.49. The molecule has 0 radical (unpaired) electrons. The molecular weight excluding hydrogens is 306 g/mol. The number of hydrogen-bond donors (Lipinski definition) is 1. The maximum Gasteiger partial charge on any atom is 0.222 e. The van der Waals surface area contributed by atoms with Gasteiger partial charge in [-0.05, 0) is 49.4 Å². The van der Waals surface area contributed by atoms with Gasteiger partial charge in [-0.15, -0.1) is 0 Å². The van der Waals surface area contributed by atoms with Crippen molar-refractivity contribution in [3.8, 4) is 0 Å². The second kappa shape index (κ2) is 6.53. The van der Waals surface area contributed by atoms with E-state index in [0.29, 0.717) is 13.0 Å². The van der Waals surface area contributed by atoms with Crippen molar-refractivity contribution in [2.45, 2.75) is 38.7 Å². The van der Waals surface area contributed by atoms with Crippen LogP contribution in [0.4, 0.5) is 0 Å². The van der Waals surface area contributed by atoms with E-state index in [9.17, 15) is 9.90 Å². The Hall–Kier alpha value is -0.870. The van der Waals surface area contributed by atoms with E-state index < -0.39 is 0 Å². The minimum Gasteiger partial charge on any atom is -0.391 e. The first-order valence-corrected chi connectivity index (χ1v) is 7.56. The molecule has 3 nitrogen and oxygen atoms in total. The van der Waals surface area contributed by atoms with Crippen LogP contribution in [0.2, 0.25) is 0 Å². The largest absolute Gasteiger partial charge is 0.391 e. The minimum atomic E-state index is -0.342. The number of carbonyl (C=O) groups excluding carboxylic acids is 1. The summed E-state index contributed by atoms with van der Waals surface area (Å²) in [6.07, 6.45) is 2.66. The number of rotatable bonds is 3. The van der Waals surface area contributed by atoms with E-state index in [1.165, 1.54) is 11.1 Å². The topological polar surface area (TPSA) is 40.5 Å². The van der Waals surface area contributed by atoms with Gasteiger partial charge in [0.2, 0.25) is 5.91 Å². The number of benzene rings is 1. The van der Waals surface area contributed by atoms with Gasteiger partial charge in [0.25, 0.3) is 0 Å². The Kier molecular flexibility index (Phi) is 4.99. The lowest BCUT2D eigenvalue weighted by molar-refractivity contribution is -0.134. The Labute approximate surface area is 122 Å². The molecule has 1 aliphatic rings. The van der Waals surface area contributed by atoms with Crippen molar-refractivity contribution in [2.24, 2.45) is 0 Å². The summed E-state index contributed by atoms with van der Waals surface area (Å²) in [7, 11) is 0. The molecule has 1 saturated heterocycles. The lowest BCUT2D eigenvalue weighted by atomic mass is 10.0. The highest BCUT2D eigenvalue weighted by Crippen LogP contribution is 2.18. The average Bonchev–Trinajstić information content (AvgIpc) is 2.39. The van der Waals surface area contributed by atoms with Crippen molar-refractivity contribution in [1.82, 2.24) is 4.90 Å². The van der Waals surface area contributed by atoms with Crippen LogP contribution in [0.25, 0.3) is 0 Å². The van der Waals surface area contributed by atoms with Crippen LogP contribution in [0.1, 0.15) is 30.4 Å². The molecule has 1 unspecified atom stereocenters. The summed E-state index contributed by atoms with van der Waals surface area (Å²) in [5, 5.41) is 9.59. The molecule has 1 aromatic carbocycles. The van der Waals surface area contributed by atoms with Crippen LogP contribution >= 0.6 is 15.9 Å². The fraction of sp³-hybridized carbons (Fsp3) is 0.533. The molecule has 104 valence electrons.